The van der Waals surface area contributed by atoms with E-state index in [0.717, 1.165) is 50.4 Å². The molecule has 2 aliphatic heterocycles. The molecular formula is C38H58O4. The molecule has 234 valence electrons. The summed E-state index contributed by atoms with van der Waals surface area (Å²) in [5, 5.41) is 0. The Hall–Kier alpha value is -2.04. The van der Waals surface area contributed by atoms with Crippen LogP contribution in [0.5, 0.6) is 11.5 Å². The lowest BCUT2D eigenvalue weighted by Crippen LogP contribution is -2.22. The molecule has 42 heavy (non-hydrogen) atoms. The van der Waals surface area contributed by atoms with Gasteiger partial charge in [-0.05, 0) is 45.6 Å². The monoisotopic (exact) mass is 578 g/mol. The SMILES string of the molecule is CC(C)(C)c1cc(CCc2cc(C(C)(C)C)c(OCCC3CO3)c(C(C)(C)C)c2)cc(C(C)(C)C)c1OCCC1CO1. The van der Waals surface area contributed by atoms with E-state index in [2.05, 4.69) is 107 Å². The molecule has 0 N–H and O–H groups in total. The van der Waals surface area contributed by atoms with E-state index in [9.17, 15) is 0 Å². The number of hydrogen-bond donors (Lipinski definition) is 0. The molecule has 0 amide bonds. The second-order valence-corrected chi connectivity index (χ2v) is 16.7. The van der Waals surface area contributed by atoms with Crippen molar-refractivity contribution >= 4 is 0 Å². The fourth-order valence-corrected chi connectivity index (χ4v) is 5.55. The van der Waals surface area contributed by atoms with E-state index < -0.39 is 0 Å². The molecule has 2 aliphatic rings. The molecule has 2 atom stereocenters. The van der Waals surface area contributed by atoms with Crippen LogP contribution in [0.15, 0.2) is 24.3 Å². The summed E-state index contributed by atoms with van der Waals surface area (Å²) < 4.78 is 24.0. The van der Waals surface area contributed by atoms with Gasteiger partial charge in [-0.2, -0.15) is 0 Å². The lowest BCUT2D eigenvalue weighted by Gasteiger charge is -2.31. The van der Waals surface area contributed by atoms with Crippen molar-refractivity contribution in [3.8, 4) is 11.5 Å². The summed E-state index contributed by atoms with van der Waals surface area (Å²) in [6.07, 6.45) is 4.62. The third kappa shape index (κ3) is 8.76. The van der Waals surface area contributed by atoms with E-state index in [1.165, 1.54) is 33.4 Å². The van der Waals surface area contributed by atoms with Gasteiger partial charge in [0.05, 0.1) is 38.6 Å². The lowest BCUT2D eigenvalue weighted by molar-refractivity contribution is 0.271. The Morgan fingerprint density at radius 2 is 0.786 bits per heavy atom. The Labute approximate surface area is 256 Å². The van der Waals surface area contributed by atoms with Crippen molar-refractivity contribution in [1.82, 2.24) is 0 Å². The summed E-state index contributed by atoms with van der Waals surface area (Å²) in [4.78, 5) is 0. The first-order valence-electron chi connectivity index (χ1n) is 16.2. The van der Waals surface area contributed by atoms with Crippen LogP contribution in [0.3, 0.4) is 0 Å². The Bertz CT molecular complexity index is 1050. The third-order valence-corrected chi connectivity index (χ3v) is 8.41. The highest BCUT2D eigenvalue weighted by Gasteiger charge is 2.31. The second-order valence-electron chi connectivity index (χ2n) is 16.7. The van der Waals surface area contributed by atoms with Crippen molar-refractivity contribution in [2.24, 2.45) is 0 Å². The molecule has 0 aliphatic carbocycles. The molecule has 4 heteroatoms. The van der Waals surface area contributed by atoms with E-state index in [1.807, 2.05) is 0 Å². The van der Waals surface area contributed by atoms with Crippen molar-refractivity contribution in [2.45, 2.75) is 143 Å². The predicted octanol–water partition coefficient (Wildman–Crippen LogP) is 9.00. The molecular weight excluding hydrogens is 520 g/mol. The molecule has 0 aromatic heterocycles. The molecule has 2 unspecified atom stereocenters. The van der Waals surface area contributed by atoms with Crippen LogP contribution in [0, 0.1) is 0 Å². The highest BCUT2D eigenvalue weighted by Crippen LogP contribution is 2.43. The predicted molar refractivity (Wildman–Crippen MR) is 175 cm³/mol. The van der Waals surface area contributed by atoms with Gasteiger partial charge in [0.2, 0.25) is 0 Å². The summed E-state index contributed by atoms with van der Waals surface area (Å²) in [5.74, 6) is 2.14. The quantitative estimate of drug-likeness (QED) is 0.250. The highest BCUT2D eigenvalue weighted by atomic mass is 16.6. The van der Waals surface area contributed by atoms with Crippen LogP contribution in [0.25, 0.3) is 0 Å². The largest absolute Gasteiger partial charge is 0.493 e. The zero-order valence-corrected chi connectivity index (χ0v) is 28.8. The van der Waals surface area contributed by atoms with Crippen LogP contribution in [-0.2, 0) is 44.0 Å². The van der Waals surface area contributed by atoms with E-state index in [1.54, 1.807) is 0 Å². The number of ether oxygens (including phenoxy) is 4. The molecule has 0 spiro atoms. The van der Waals surface area contributed by atoms with Gasteiger partial charge in [-0.25, -0.2) is 0 Å². The molecule has 2 saturated heterocycles. The van der Waals surface area contributed by atoms with Crippen molar-refractivity contribution in [3.63, 3.8) is 0 Å². The summed E-state index contributed by atoms with van der Waals surface area (Å²) in [7, 11) is 0. The molecule has 4 rings (SSSR count). The van der Waals surface area contributed by atoms with Crippen LogP contribution < -0.4 is 9.47 Å². The first kappa shape index (κ1) is 32.9. The van der Waals surface area contributed by atoms with Crippen LogP contribution >= 0.6 is 0 Å². The smallest absolute Gasteiger partial charge is 0.126 e. The van der Waals surface area contributed by atoms with Crippen molar-refractivity contribution in [1.29, 1.82) is 0 Å². The zero-order chi connectivity index (χ0) is 31.1. The maximum absolute atomic E-state index is 6.56. The number of hydrogen-bond acceptors (Lipinski definition) is 4. The Balaban J connectivity index is 1.67. The van der Waals surface area contributed by atoms with Gasteiger partial charge in [-0.15, -0.1) is 0 Å². The lowest BCUT2D eigenvalue weighted by atomic mass is 9.77. The highest BCUT2D eigenvalue weighted by molar-refractivity contribution is 5.53. The fourth-order valence-electron chi connectivity index (χ4n) is 5.55. The molecule has 0 radical (unpaired) electrons. The van der Waals surface area contributed by atoms with Gasteiger partial charge in [-0.3, -0.25) is 0 Å². The van der Waals surface area contributed by atoms with Gasteiger partial charge in [0.1, 0.15) is 11.5 Å². The first-order chi connectivity index (χ1) is 19.3. The summed E-state index contributed by atoms with van der Waals surface area (Å²) in [6.45, 7) is 30.7. The Kier molecular flexibility index (Phi) is 9.51. The Morgan fingerprint density at radius 1 is 0.524 bits per heavy atom. The topological polar surface area (TPSA) is 43.5 Å². The van der Waals surface area contributed by atoms with Crippen LogP contribution in [0.2, 0.25) is 0 Å². The van der Waals surface area contributed by atoms with E-state index >= 15 is 0 Å². The minimum absolute atomic E-state index is 0.0231. The van der Waals surface area contributed by atoms with Gasteiger partial charge in [0, 0.05) is 35.1 Å². The Morgan fingerprint density at radius 3 is 1.00 bits per heavy atom. The van der Waals surface area contributed by atoms with Gasteiger partial charge >= 0.3 is 0 Å². The molecule has 0 bridgehead atoms. The number of epoxide rings is 2. The van der Waals surface area contributed by atoms with Crippen LogP contribution in [0.1, 0.15) is 129 Å². The van der Waals surface area contributed by atoms with E-state index in [0.29, 0.717) is 25.4 Å². The zero-order valence-electron chi connectivity index (χ0n) is 28.8. The number of benzene rings is 2. The van der Waals surface area contributed by atoms with Gasteiger partial charge < -0.3 is 18.9 Å². The summed E-state index contributed by atoms with van der Waals surface area (Å²) in [5.41, 5.74) is 7.87. The van der Waals surface area contributed by atoms with Gasteiger partial charge in [0.15, 0.2) is 0 Å². The first-order valence-corrected chi connectivity index (χ1v) is 16.2. The molecule has 4 nitrogen and oxygen atoms in total. The summed E-state index contributed by atoms with van der Waals surface area (Å²) in [6, 6.07) is 9.63. The number of aryl methyl sites for hydroxylation is 2. The van der Waals surface area contributed by atoms with Crippen LogP contribution in [0.4, 0.5) is 0 Å². The van der Waals surface area contributed by atoms with Crippen molar-refractivity contribution in [2.75, 3.05) is 26.4 Å². The van der Waals surface area contributed by atoms with Crippen molar-refractivity contribution < 1.29 is 18.9 Å². The third-order valence-electron chi connectivity index (χ3n) is 8.41. The van der Waals surface area contributed by atoms with Crippen LogP contribution in [-0.4, -0.2) is 38.6 Å². The van der Waals surface area contributed by atoms with E-state index in [4.69, 9.17) is 18.9 Å². The van der Waals surface area contributed by atoms with Gasteiger partial charge in [-0.1, -0.05) is 107 Å². The molecule has 0 saturated carbocycles. The average Bonchev–Trinajstić information content (AvgIpc) is 3.76. The van der Waals surface area contributed by atoms with E-state index in [-0.39, 0.29) is 21.7 Å². The molecule has 2 fully saturated rings. The fraction of sp³-hybridized carbons (Fsp3) is 0.684. The normalized spacial score (nSPS) is 19.1. The summed E-state index contributed by atoms with van der Waals surface area (Å²) >= 11 is 0. The standard InChI is InChI=1S/C38H58O4/c1-35(2,3)29-19-25(20-30(36(4,5)6)33(29)39-17-15-27-23-41-27)13-14-26-21-31(37(7,8)9)34(32(22-26)38(10,11)12)40-18-16-28-24-42-28/h19-22,27-28H,13-18,23-24H2,1-12H3. The molecule has 2 aromatic rings. The van der Waals surface area contributed by atoms with Gasteiger partial charge in [0.25, 0.3) is 0 Å². The maximum Gasteiger partial charge on any atom is 0.126 e. The molecule has 2 aromatic carbocycles. The maximum atomic E-state index is 6.56. The second kappa shape index (κ2) is 12.2. The van der Waals surface area contributed by atoms with Crippen molar-refractivity contribution in [3.05, 3.63) is 57.6 Å². The number of rotatable bonds is 11. The molecule has 2 heterocycles. The minimum atomic E-state index is -0.0231. The average molecular weight is 579 g/mol. The minimum Gasteiger partial charge on any atom is -0.493 e.